The van der Waals surface area contributed by atoms with E-state index in [-0.39, 0.29) is 20.0 Å². The van der Waals surface area contributed by atoms with Crippen LogP contribution in [-0.4, -0.2) is 49.1 Å². The van der Waals surface area contributed by atoms with Crippen LogP contribution >= 0.6 is 143 Å². The lowest BCUT2D eigenvalue weighted by Crippen LogP contribution is -2.52. The summed E-state index contributed by atoms with van der Waals surface area (Å²) in [6, 6.07) is 0. The fraction of sp³-hybridized carbons (Fsp3) is 0.667. The molecule has 0 rings (SSSR count). The molecule has 0 aromatic carbocycles. The van der Waals surface area contributed by atoms with Gasteiger partial charge in [-0.2, -0.15) is 0 Å². The predicted molar refractivity (Wildman–Crippen MR) is 129 cm³/mol. The molecule has 0 heterocycles. The second-order valence-electron chi connectivity index (χ2n) is 4.16. The zero-order chi connectivity index (χ0) is 20.1. The van der Waals surface area contributed by atoms with Crippen molar-refractivity contribution in [3.8, 4) is 0 Å². The van der Waals surface area contributed by atoms with Gasteiger partial charge in [0.25, 0.3) is 17.7 Å². The van der Waals surface area contributed by atoms with Crippen LogP contribution in [-0.2, 0) is 14.4 Å². The van der Waals surface area contributed by atoms with Crippen LogP contribution < -0.4 is 16.0 Å². The van der Waals surface area contributed by atoms with Crippen LogP contribution in [0.5, 0.6) is 0 Å². The van der Waals surface area contributed by atoms with Gasteiger partial charge < -0.3 is 16.0 Å². The molecule has 25 heavy (non-hydrogen) atoms. The van der Waals surface area contributed by atoms with Gasteiger partial charge in [0.2, 0.25) is 6.43 Å². The summed E-state index contributed by atoms with van der Waals surface area (Å²) in [5.41, 5.74) is 0. The van der Waals surface area contributed by atoms with Crippen molar-refractivity contribution in [1.82, 2.24) is 20.9 Å². The molecule has 0 aliphatic rings. The Hall–Kier alpha value is 2.69. The molecule has 16 heteroatoms. The van der Waals surface area contributed by atoms with E-state index in [1.165, 1.54) is 0 Å². The van der Waals surface area contributed by atoms with Crippen molar-refractivity contribution >= 4 is 161 Å². The van der Waals surface area contributed by atoms with Crippen molar-refractivity contribution in [2.75, 3.05) is 20.0 Å². The van der Waals surface area contributed by atoms with Gasteiger partial charge >= 0.3 is 0 Å². The number of amides is 3. The summed E-state index contributed by atoms with van der Waals surface area (Å²) < 4.78 is -3.34. The first-order chi connectivity index (χ1) is 11.0. The molecule has 7 nitrogen and oxygen atoms in total. The normalized spacial score (nSPS) is 12.7. The Morgan fingerprint density at radius 2 is 0.760 bits per heavy atom. The van der Waals surface area contributed by atoms with Crippen molar-refractivity contribution in [3.63, 3.8) is 0 Å². The average Bonchev–Trinajstić information content (AvgIpc) is 2.42. The number of alkyl halides is 9. The van der Waals surface area contributed by atoms with Crippen LogP contribution in [0.15, 0.2) is 0 Å². The standard InChI is InChI=1S/C9H9Br9N4O3/c10-7(11,12)4(23)19-1-22(2-20-5(24)8(13,14)15)3-21-6(25)9(16,17)18/h1-3H2,(H,19,23)(H,20,24)(H,21,25). The number of carbonyl (C=O) groups excluding carboxylic acids is 3. The second-order valence-corrected chi connectivity index (χ2v) is 24.4. The van der Waals surface area contributed by atoms with Gasteiger partial charge in [-0.05, 0) is 143 Å². The average molecular weight is 940 g/mol. The number of hydrogen-bond acceptors (Lipinski definition) is 4. The van der Waals surface area contributed by atoms with Crippen LogP contribution in [0.1, 0.15) is 0 Å². The van der Waals surface area contributed by atoms with E-state index in [4.69, 9.17) is 0 Å². The molecule has 0 bridgehead atoms. The number of nitrogens with one attached hydrogen (secondary N) is 3. The Morgan fingerprint density at radius 1 is 0.560 bits per heavy atom. The first kappa shape index (κ1) is 27.7. The molecule has 3 N–H and O–H groups in total. The third-order valence-corrected chi connectivity index (χ3v) is 5.40. The third-order valence-electron chi connectivity index (χ3n) is 2.16. The van der Waals surface area contributed by atoms with Crippen LogP contribution in [0, 0.1) is 0 Å². The SMILES string of the molecule is O=C(NCN(CNC(=O)C(Br)(Br)Br)CNC(=O)C(Br)(Br)Br)C(Br)(Br)Br. The Balaban J connectivity index is 4.79. The van der Waals surface area contributed by atoms with Gasteiger partial charge in [-0.25, -0.2) is 0 Å². The fourth-order valence-corrected chi connectivity index (χ4v) is 2.28. The molecular formula is C9H9Br9N4O3. The summed E-state index contributed by atoms with van der Waals surface area (Å²) in [5, 5.41) is 7.86. The van der Waals surface area contributed by atoms with Gasteiger partial charge in [0.1, 0.15) is 0 Å². The topological polar surface area (TPSA) is 90.5 Å². The van der Waals surface area contributed by atoms with E-state index in [0.717, 1.165) is 0 Å². The number of hydrogen-bond donors (Lipinski definition) is 3. The maximum absolute atomic E-state index is 11.9. The summed E-state index contributed by atoms with van der Waals surface area (Å²) >= 11 is 27.9. The lowest BCUT2D eigenvalue weighted by Gasteiger charge is -2.26. The smallest absolute Gasteiger partial charge is 0.259 e. The highest BCUT2D eigenvalue weighted by Crippen LogP contribution is 2.34. The van der Waals surface area contributed by atoms with Crippen LogP contribution in [0.2, 0.25) is 0 Å². The molecule has 0 atom stereocenters. The van der Waals surface area contributed by atoms with Crippen LogP contribution in [0.4, 0.5) is 0 Å². The fourth-order valence-electron chi connectivity index (χ4n) is 1.02. The highest BCUT2D eigenvalue weighted by Gasteiger charge is 2.31. The Labute approximate surface area is 219 Å². The Kier molecular flexibility index (Phi) is 13.0. The van der Waals surface area contributed by atoms with E-state index in [0.29, 0.717) is 0 Å². The van der Waals surface area contributed by atoms with Crippen molar-refractivity contribution < 1.29 is 14.4 Å². The van der Waals surface area contributed by atoms with Gasteiger partial charge in [0, 0.05) is 0 Å². The molecule has 0 saturated carbocycles. The van der Waals surface area contributed by atoms with Crippen molar-refractivity contribution in [3.05, 3.63) is 0 Å². The third kappa shape index (κ3) is 12.8. The molecule has 3 amide bonds. The molecule has 0 spiro atoms. The van der Waals surface area contributed by atoms with E-state index in [1.54, 1.807) is 4.90 Å². The molecule has 0 radical (unpaired) electrons. The van der Waals surface area contributed by atoms with Crippen molar-refractivity contribution in [2.45, 2.75) is 6.43 Å². The van der Waals surface area contributed by atoms with Gasteiger partial charge in [0.15, 0.2) is 0 Å². The summed E-state index contributed by atoms with van der Waals surface area (Å²) in [5.74, 6) is -1.20. The molecule has 0 aromatic heterocycles. The summed E-state index contributed by atoms with van der Waals surface area (Å²) in [6.45, 7) is 0.136. The molecule has 0 aromatic rings. The number of carbonyl (C=O) groups is 3. The minimum absolute atomic E-state index is 0.0453. The molecule has 0 unspecified atom stereocenters. The maximum Gasteiger partial charge on any atom is 0.259 e. The Bertz CT molecular complexity index is 429. The number of rotatable bonds is 6. The quantitative estimate of drug-likeness (QED) is 0.278. The van der Waals surface area contributed by atoms with Gasteiger partial charge in [-0.3, -0.25) is 19.3 Å². The summed E-state index contributed by atoms with van der Waals surface area (Å²) in [6.07, 6.45) is 0. The minimum Gasteiger partial charge on any atom is -0.340 e. The molecule has 0 fully saturated rings. The summed E-state index contributed by atoms with van der Waals surface area (Å²) in [7, 11) is 0. The Morgan fingerprint density at radius 3 is 0.920 bits per heavy atom. The molecular weight excluding hydrogens is 931 g/mol. The zero-order valence-corrected chi connectivity index (χ0v) is 26.0. The summed E-state index contributed by atoms with van der Waals surface area (Å²) in [4.78, 5) is 37.2. The van der Waals surface area contributed by atoms with Gasteiger partial charge in [-0.15, -0.1) is 0 Å². The predicted octanol–water partition coefficient (Wildman–Crippen LogP) is 4.03. The molecule has 0 saturated heterocycles. The molecule has 146 valence electrons. The number of nitrogens with zero attached hydrogens (tertiary/aromatic N) is 1. The maximum atomic E-state index is 11.9. The van der Waals surface area contributed by atoms with Crippen LogP contribution in [0.25, 0.3) is 0 Å². The highest BCUT2D eigenvalue weighted by molar-refractivity contribution is 9.40. The highest BCUT2D eigenvalue weighted by atomic mass is 80.0. The van der Waals surface area contributed by atoms with E-state index >= 15 is 0 Å². The second kappa shape index (κ2) is 11.8. The van der Waals surface area contributed by atoms with Gasteiger partial charge in [-0.1, -0.05) is 0 Å². The lowest BCUT2D eigenvalue weighted by atomic mass is 10.6. The van der Waals surface area contributed by atoms with Crippen molar-refractivity contribution in [2.24, 2.45) is 0 Å². The minimum atomic E-state index is -1.11. The molecule has 0 aliphatic carbocycles. The molecule has 0 aliphatic heterocycles. The first-order valence-electron chi connectivity index (χ1n) is 5.82. The van der Waals surface area contributed by atoms with E-state index < -0.39 is 24.1 Å². The van der Waals surface area contributed by atoms with E-state index in [2.05, 4.69) is 159 Å². The lowest BCUT2D eigenvalue weighted by molar-refractivity contribution is -0.120. The van der Waals surface area contributed by atoms with Crippen LogP contribution in [0.3, 0.4) is 0 Å². The van der Waals surface area contributed by atoms with Crippen molar-refractivity contribution in [1.29, 1.82) is 0 Å². The first-order valence-corrected chi connectivity index (χ1v) is 13.0. The monoisotopic (exact) mass is 931 g/mol. The zero-order valence-electron chi connectivity index (χ0n) is 11.7. The largest absolute Gasteiger partial charge is 0.340 e. The van der Waals surface area contributed by atoms with E-state index in [1.807, 2.05) is 0 Å². The van der Waals surface area contributed by atoms with E-state index in [9.17, 15) is 14.4 Å². The number of halogens is 9. The van der Waals surface area contributed by atoms with Gasteiger partial charge in [0.05, 0.1) is 20.0 Å².